The maximum Gasteiger partial charge on any atom is 0.180 e. The number of H-pyrrole nitrogens is 1. The largest absolute Gasteiger partial charge is 0.341 e. The molecule has 1 heterocycles. The van der Waals surface area contributed by atoms with Crippen LogP contribution in [0.4, 0.5) is 0 Å². The van der Waals surface area contributed by atoms with E-state index in [2.05, 4.69) is 50.0 Å². The van der Waals surface area contributed by atoms with E-state index in [1.54, 1.807) is 0 Å². The summed E-state index contributed by atoms with van der Waals surface area (Å²) in [7, 11) is 4.11. The third kappa shape index (κ3) is 4.34. The number of benzene rings is 1. The maximum absolute atomic E-state index is 12.3. The van der Waals surface area contributed by atoms with E-state index in [4.69, 9.17) is 34.8 Å². The van der Waals surface area contributed by atoms with Gasteiger partial charge >= 0.3 is 0 Å². The number of aromatic nitrogens is 1. The number of hydrogen-bond acceptors (Lipinski definition) is 2. The summed E-state index contributed by atoms with van der Waals surface area (Å²) in [5.41, 5.74) is 5.25. The Bertz CT molecular complexity index is 743. The molecule has 0 amide bonds. The third-order valence-corrected chi connectivity index (χ3v) is 5.22. The van der Waals surface area contributed by atoms with Crippen LogP contribution < -0.4 is 0 Å². The number of carbonyl (C=O) groups is 1. The highest BCUT2D eigenvalue weighted by atomic mass is 35.5. The number of ketones is 1. The van der Waals surface area contributed by atoms with Crippen molar-refractivity contribution in [3.63, 3.8) is 0 Å². The van der Waals surface area contributed by atoms with Crippen LogP contribution in [0.2, 0.25) is 15.2 Å². The Morgan fingerprint density at radius 2 is 1.67 bits per heavy atom. The number of carbonyl (C=O) groups excluding carboxylic acids is 1. The summed E-state index contributed by atoms with van der Waals surface area (Å²) in [5.74, 6) is -0.0959. The molecule has 0 aliphatic heterocycles. The maximum atomic E-state index is 12.3. The molecule has 0 unspecified atom stereocenters. The molecular weight excluding hydrogens is 367 g/mol. The molecule has 0 bridgehead atoms. The minimum absolute atomic E-state index is 0.0959. The first kappa shape index (κ1) is 19.3. The molecule has 6 heteroatoms. The van der Waals surface area contributed by atoms with Gasteiger partial charge in [-0.15, -0.1) is 0 Å². The summed E-state index contributed by atoms with van der Waals surface area (Å²) in [6.07, 6.45) is 0.992. The van der Waals surface area contributed by atoms with Gasteiger partial charge in [-0.05, 0) is 56.6 Å². The molecule has 130 valence electrons. The molecule has 0 spiro atoms. The summed E-state index contributed by atoms with van der Waals surface area (Å²) < 4.78 is 0. The van der Waals surface area contributed by atoms with E-state index in [9.17, 15) is 4.79 Å². The Hall–Kier alpha value is -1.00. The SMILES string of the molecule is Cc1cc(CCC(=O)c2[nH]c(Cl)c(Cl)c2Cl)cc(C)c1CN(C)C. The van der Waals surface area contributed by atoms with Crippen molar-refractivity contribution in [3.8, 4) is 0 Å². The van der Waals surface area contributed by atoms with Crippen LogP contribution in [-0.4, -0.2) is 29.8 Å². The number of nitrogens with one attached hydrogen (secondary N) is 1. The highest BCUT2D eigenvalue weighted by Crippen LogP contribution is 2.33. The summed E-state index contributed by atoms with van der Waals surface area (Å²) in [4.78, 5) is 17.2. The number of aryl methyl sites for hydroxylation is 3. The van der Waals surface area contributed by atoms with Crippen LogP contribution in [0.25, 0.3) is 0 Å². The Labute approximate surface area is 157 Å². The van der Waals surface area contributed by atoms with Gasteiger partial charge < -0.3 is 9.88 Å². The highest BCUT2D eigenvalue weighted by Gasteiger charge is 2.19. The average Bonchev–Trinajstić information content (AvgIpc) is 2.76. The van der Waals surface area contributed by atoms with E-state index in [0.717, 1.165) is 12.1 Å². The van der Waals surface area contributed by atoms with Crippen molar-refractivity contribution in [2.75, 3.05) is 14.1 Å². The predicted octanol–water partition coefficient (Wildman–Crippen LogP) is 5.47. The molecule has 0 saturated carbocycles. The molecule has 2 aromatic rings. The zero-order valence-corrected chi connectivity index (χ0v) is 16.5. The van der Waals surface area contributed by atoms with Gasteiger partial charge in [0.05, 0.1) is 10.0 Å². The molecule has 1 aromatic carbocycles. The molecule has 0 aliphatic carbocycles. The van der Waals surface area contributed by atoms with E-state index < -0.39 is 0 Å². The van der Waals surface area contributed by atoms with Gasteiger partial charge in [0.2, 0.25) is 0 Å². The fourth-order valence-corrected chi connectivity index (χ4v) is 3.42. The van der Waals surface area contributed by atoms with Crippen LogP contribution in [0.5, 0.6) is 0 Å². The number of rotatable bonds is 6. The van der Waals surface area contributed by atoms with Gasteiger partial charge in [0, 0.05) is 13.0 Å². The van der Waals surface area contributed by atoms with Crippen molar-refractivity contribution in [1.82, 2.24) is 9.88 Å². The number of halogens is 3. The first-order chi connectivity index (χ1) is 11.2. The lowest BCUT2D eigenvalue weighted by molar-refractivity contribution is 0.0979. The first-order valence-electron chi connectivity index (χ1n) is 7.70. The van der Waals surface area contributed by atoms with Crippen molar-refractivity contribution >= 4 is 40.6 Å². The van der Waals surface area contributed by atoms with Crippen LogP contribution in [0, 0.1) is 13.8 Å². The van der Waals surface area contributed by atoms with Gasteiger partial charge in [0.25, 0.3) is 0 Å². The lowest BCUT2D eigenvalue weighted by Crippen LogP contribution is -2.13. The van der Waals surface area contributed by atoms with Crippen LogP contribution in [0.3, 0.4) is 0 Å². The van der Waals surface area contributed by atoms with Crippen LogP contribution in [0.15, 0.2) is 12.1 Å². The molecule has 24 heavy (non-hydrogen) atoms. The molecule has 0 aliphatic rings. The van der Waals surface area contributed by atoms with Crippen molar-refractivity contribution in [3.05, 3.63) is 55.3 Å². The van der Waals surface area contributed by atoms with Crippen LogP contribution in [-0.2, 0) is 13.0 Å². The lowest BCUT2D eigenvalue weighted by atomic mass is 9.96. The fourth-order valence-electron chi connectivity index (χ4n) is 2.79. The Balaban J connectivity index is 2.12. The standard InChI is InChI=1S/C18H21Cl3N2O/c1-10-7-12(8-11(2)13(10)9-23(3)4)5-6-14(24)17-15(19)16(20)18(21)22-17/h7-8,22H,5-6,9H2,1-4H3. The average molecular weight is 388 g/mol. The summed E-state index contributed by atoms with van der Waals surface area (Å²) in [6, 6.07) is 4.30. The van der Waals surface area contributed by atoms with Gasteiger partial charge in [-0.25, -0.2) is 0 Å². The van der Waals surface area contributed by atoms with Crippen molar-refractivity contribution < 1.29 is 4.79 Å². The van der Waals surface area contributed by atoms with Crippen LogP contribution >= 0.6 is 34.8 Å². The van der Waals surface area contributed by atoms with Gasteiger partial charge in [-0.1, -0.05) is 46.9 Å². The zero-order valence-electron chi connectivity index (χ0n) is 14.3. The van der Waals surface area contributed by atoms with Gasteiger partial charge in [-0.2, -0.15) is 0 Å². The number of hydrogen-bond donors (Lipinski definition) is 1. The molecule has 2 rings (SSSR count). The second-order valence-corrected chi connectivity index (χ2v) is 7.44. The Morgan fingerprint density at radius 3 is 2.12 bits per heavy atom. The van der Waals surface area contributed by atoms with Crippen molar-refractivity contribution in [2.45, 2.75) is 33.2 Å². The number of nitrogens with zero attached hydrogens (tertiary/aromatic N) is 1. The second kappa shape index (κ2) is 7.92. The minimum Gasteiger partial charge on any atom is -0.341 e. The van der Waals surface area contributed by atoms with Gasteiger partial charge in [0.15, 0.2) is 5.78 Å². The molecule has 0 radical (unpaired) electrons. The molecule has 1 N–H and O–H groups in total. The topological polar surface area (TPSA) is 36.1 Å². The van der Waals surface area contributed by atoms with Crippen molar-refractivity contribution in [2.24, 2.45) is 0 Å². The third-order valence-electron chi connectivity index (χ3n) is 3.99. The Kier molecular flexibility index (Phi) is 6.38. The molecule has 0 fully saturated rings. The quantitative estimate of drug-likeness (QED) is 0.667. The van der Waals surface area contributed by atoms with E-state index in [-0.39, 0.29) is 26.7 Å². The van der Waals surface area contributed by atoms with Gasteiger partial charge in [0.1, 0.15) is 10.8 Å². The van der Waals surface area contributed by atoms with E-state index in [0.29, 0.717) is 12.8 Å². The summed E-state index contributed by atoms with van der Waals surface area (Å²) in [5, 5.41) is 0.589. The van der Waals surface area contributed by atoms with E-state index >= 15 is 0 Å². The fraction of sp³-hybridized carbons (Fsp3) is 0.389. The molecule has 0 atom stereocenters. The molecule has 1 aromatic heterocycles. The zero-order chi connectivity index (χ0) is 18.0. The minimum atomic E-state index is -0.0959. The first-order valence-corrected chi connectivity index (χ1v) is 8.83. The monoisotopic (exact) mass is 386 g/mol. The van der Waals surface area contributed by atoms with E-state index in [1.165, 1.54) is 16.7 Å². The molecule has 0 saturated heterocycles. The van der Waals surface area contributed by atoms with Crippen LogP contribution in [0.1, 0.15) is 39.2 Å². The predicted molar refractivity (Wildman–Crippen MR) is 102 cm³/mol. The smallest absolute Gasteiger partial charge is 0.180 e. The summed E-state index contributed by atoms with van der Waals surface area (Å²) in [6.45, 7) is 5.13. The second-order valence-electron chi connectivity index (χ2n) is 6.31. The number of Topliss-reactive ketones (excluding diaryl/α,β-unsaturated/α-hetero) is 1. The molecule has 3 nitrogen and oxygen atoms in total. The van der Waals surface area contributed by atoms with Gasteiger partial charge in [-0.3, -0.25) is 4.79 Å². The normalized spacial score (nSPS) is 11.3. The highest BCUT2D eigenvalue weighted by molar-refractivity contribution is 6.49. The molecular formula is C18H21Cl3N2O. The summed E-state index contributed by atoms with van der Waals surface area (Å²) >= 11 is 17.8. The van der Waals surface area contributed by atoms with Crippen molar-refractivity contribution in [1.29, 1.82) is 0 Å². The lowest BCUT2D eigenvalue weighted by Gasteiger charge is -2.16. The van der Waals surface area contributed by atoms with E-state index in [1.807, 2.05) is 0 Å². The number of aromatic amines is 1. The Morgan fingerprint density at radius 1 is 1.08 bits per heavy atom.